The van der Waals surface area contributed by atoms with E-state index >= 15 is 0 Å². The maximum absolute atomic E-state index is 6.04. The van der Waals surface area contributed by atoms with Crippen molar-refractivity contribution in [1.82, 2.24) is 5.32 Å². The summed E-state index contributed by atoms with van der Waals surface area (Å²) in [5.74, 6) is 1.07. The van der Waals surface area contributed by atoms with Crippen LogP contribution in [0.4, 0.5) is 0 Å². The first-order valence-electron chi connectivity index (χ1n) is 7.16. The largest absolute Gasteiger partial charge is 0.459 e. The molecule has 0 aliphatic heterocycles. The van der Waals surface area contributed by atoms with E-state index in [0.29, 0.717) is 0 Å². The predicted molar refractivity (Wildman–Crippen MR) is 81.7 cm³/mol. The van der Waals surface area contributed by atoms with Crippen LogP contribution in [0.1, 0.15) is 51.0 Å². The zero-order valence-corrected chi connectivity index (χ0v) is 12.8. The standard InChI is InChI=1S/C17H25NO/c1-6-7-12-8-9-14-13(10-12)16(17(2,3)4)15(19-14)11-18-5/h8-10,18H,6-7,11H2,1-5H3. The summed E-state index contributed by atoms with van der Waals surface area (Å²) in [7, 11) is 1.96. The second-order valence-corrected chi connectivity index (χ2v) is 6.26. The summed E-state index contributed by atoms with van der Waals surface area (Å²) in [5.41, 5.74) is 3.85. The van der Waals surface area contributed by atoms with Crippen molar-refractivity contribution >= 4 is 11.0 Å². The van der Waals surface area contributed by atoms with Crippen LogP contribution in [0.3, 0.4) is 0 Å². The first-order chi connectivity index (χ1) is 8.97. The van der Waals surface area contributed by atoms with Gasteiger partial charge in [0.1, 0.15) is 11.3 Å². The van der Waals surface area contributed by atoms with E-state index < -0.39 is 0 Å². The van der Waals surface area contributed by atoms with Crippen LogP contribution in [0.2, 0.25) is 0 Å². The lowest BCUT2D eigenvalue weighted by Gasteiger charge is -2.19. The SMILES string of the molecule is CCCc1ccc2oc(CNC)c(C(C)(C)C)c2c1. The van der Waals surface area contributed by atoms with Gasteiger partial charge in [-0.3, -0.25) is 0 Å². The average Bonchev–Trinajstić information content (AvgIpc) is 2.67. The molecule has 0 saturated heterocycles. The van der Waals surface area contributed by atoms with Gasteiger partial charge in [-0.15, -0.1) is 0 Å². The van der Waals surface area contributed by atoms with E-state index in [1.165, 1.54) is 22.9 Å². The van der Waals surface area contributed by atoms with Crippen molar-refractivity contribution in [3.05, 3.63) is 35.1 Å². The summed E-state index contributed by atoms with van der Waals surface area (Å²) in [6, 6.07) is 6.61. The molecule has 0 bridgehead atoms. The molecule has 0 spiro atoms. The highest BCUT2D eigenvalue weighted by Gasteiger charge is 2.24. The third kappa shape index (κ3) is 2.84. The van der Waals surface area contributed by atoms with Crippen LogP contribution in [0.25, 0.3) is 11.0 Å². The minimum atomic E-state index is 0.0995. The van der Waals surface area contributed by atoms with E-state index in [1.807, 2.05) is 7.05 Å². The molecule has 1 N–H and O–H groups in total. The monoisotopic (exact) mass is 259 g/mol. The molecule has 1 aromatic carbocycles. The zero-order chi connectivity index (χ0) is 14.0. The fraction of sp³-hybridized carbons (Fsp3) is 0.529. The fourth-order valence-electron chi connectivity index (χ4n) is 2.75. The van der Waals surface area contributed by atoms with Crippen molar-refractivity contribution in [2.45, 2.75) is 52.5 Å². The number of aryl methyl sites for hydroxylation is 1. The third-order valence-corrected chi connectivity index (χ3v) is 3.45. The molecular formula is C17H25NO. The molecule has 0 aliphatic rings. The Morgan fingerprint density at radius 1 is 1.21 bits per heavy atom. The first-order valence-corrected chi connectivity index (χ1v) is 7.16. The molecule has 2 aromatic rings. The molecule has 0 aliphatic carbocycles. The Balaban J connectivity index is 2.63. The highest BCUT2D eigenvalue weighted by Crippen LogP contribution is 2.36. The van der Waals surface area contributed by atoms with E-state index in [2.05, 4.69) is 51.2 Å². The van der Waals surface area contributed by atoms with Crippen molar-refractivity contribution in [3.63, 3.8) is 0 Å². The van der Waals surface area contributed by atoms with Crippen molar-refractivity contribution in [2.24, 2.45) is 0 Å². The van der Waals surface area contributed by atoms with Crippen LogP contribution in [-0.4, -0.2) is 7.05 Å². The highest BCUT2D eigenvalue weighted by molar-refractivity contribution is 5.84. The highest BCUT2D eigenvalue weighted by atomic mass is 16.3. The van der Waals surface area contributed by atoms with E-state index in [0.717, 1.165) is 24.3 Å². The Morgan fingerprint density at radius 2 is 1.95 bits per heavy atom. The number of nitrogens with one attached hydrogen (secondary N) is 1. The molecule has 0 unspecified atom stereocenters. The number of rotatable bonds is 4. The summed E-state index contributed by atoms with van der Waals surface area (Å²) in [6.45, 7) is 9.76. The molecule has 0 radical (unpaired) electrons. The second kappa shape index (κ2) is 5.38. The van der Waals surface area contributed by atoms with Gasteiger partial charge in [0.05, 0.1) is 6.54 Å². The van der Waals surface area contributed by atoms with Gasteiger partial charge in [-0.25, -0.2) is 0 Å². The number of furan rings is 1. The molecule has 0 atom stereocenters. The van der Waals surface area contributed by atoms with Gasteiger partial charge in [-0.05, 0) is 36.6 Å². The Bertz CT molecular complexity index is 560. The van der Waals surface area contributed by atoms with Gasteiger partial charge in [0, 0.05) is 10.9 Å². The lowest BCUT2D eigenvalue weighted by atomic mass is 9.84. The quantitative estimate of drug-likeness (QED) is 0.880. The second-order valence-electron chi connectivity index (χ2n) is 6.26. The Morgan fingerprint density at radius 3 is 2.53 bits per heavy atom. The van der Waals surface area contributed by atoms with Crippen LogP contribution in [0.15, 0.2) is 22.6 Å². The number of fused-ring (bicyclic) bond motifs is 1. The molecule has 0 amide bonds. The normalized spacial score (nSPS) is 12.3. The number of benzene rings is 1. The van der Waals surface area contributed by atoms with E-state index in [4.69, 9.17) is 4.42 Å². The summed E-state index contributed by atoms with van der Waals surface area (Å²) >= 11 is 0. The van der Waals surface area contributed by atoms with E-state index in [9.17, 15) is 0 Å². The van der Waals surface area contributed by atoms with Crippen molar-refractivity contribution in [2.75, 3.05) is 7.05 Å². The maximum Gasteiger partial charge on any atom is 0.134 e. The van der Waals surface area contributed by atoms with Gasteiger partial charge >= 0.3 is 0 Å². The summed E-state index contributed by atoms with van der Waals surface area (Å²) in [4.78, 5) is 0. The smallest absolute Gasteiger partial charge is 0.134 e. The molecule has 1 aromatic heterocycles. The molecule has 2 nitrogen and oxygen atoms in total. The Kier molecular flexibility index (Phi) is 4.00. The Labute approximate surface area is 116 Å². The van der Waals surface area contributed by atoms with Crippen LogP contribution in [0.5, 0.6) is 0 Å². The predicted octanol–water partition coefficient (Wildman–Crippen LogP) is 4.40. The van der Waals surface area contributed by atoms with Gasteiger partial charge in [-0.2, -0.15) is 0 Å². The third-order valence-electron chi connectivity index (χ3n) is 3.45. The molecule has 19 heavy (non-hydrogen) atoms. The summed E-state index contributed by atoms with van der Waals surface area (Å²) in [6.07, 6.45) is 2.31. The number of hydrogen-bond acceptors (Lipinski definition) is 2. The van der Waals surface area contributed by atoms with Crippen molar-refractivity contribution in [1.29, 1.82) is 0 Å². The van der Waals surface area contributed by atoms with Crippen molar-refractivity contribution in [3.8, 4) is 0 Å². The minimum Gasteiger partial charge on any atom is -0.459 e. The van der Waals surface area contributed by atoms with E-state index in [-0.39, 0.29) is 5.41 Å². The minimum absolute atomic E-state index is 0.0995. The fourth-order valence-corrected chi connectivity index (χ4v) is 2.75. The van der Waals surface area contributed by atoms with E-state index in [1.54, 1.807) is 0 Å². The van der Waals surface area contributed by atoms with Crippen LogP contribution in [-0.2, 0) is 18.4 Å². The van der Waals surface area contributed by atoms with Crippen LogP contribution >= 0.6 is 0 Å². The number of hydrogen-bond donors (Lipinski definition) is 1. The van der Waals surface area contributed by atoms with Crippen LogP contribution in [0, 0.1) is 0 Å². The lowest BCUT2D eigenvalue weighted by Crippen LogP contribution is -2.16. The summed E-state index contributed by atoms with van der Waals surface area (Å²) < 4.78 is 6.04. The first kappa shape index (κ1) is 14.1. The lowest BCUT2D eigenvalue weighted by molar-refractivity contribution is 0.495. The molecule has 0 saturated carbocycles. The molecular weight excluding hydrogens is 234 g/mol. The topological polar surface area (TPSA) is 25.2 Å². The molecule has 2 rings (SSSR count). The molecule has 0 fully saturated rings. The maximum atomic E-state index is 6.04. The van der Waals surface area contributed by atoms with Gasteiger partial charge in [0.25, 0.3) is 0 Å². The molecule has 1 heterocycles. The van der Waals surface area contributed by atoms with Gasteiger partial charge in [0.15, 0.2) is 0 Å². The van der Waals surface area contributed by atoms with Gasteiger partial charge < -0.3 is 9.73 Å². The van der Waals surface area contributed by atoms with Gasteiger partial charge in [0.2, 0.25) is 0 Å². The van der Waals surface area contributed by atoms with Crippen molar-refractivity contribution < 1.29 is 4.42 Å². The van der Waals surface area contributed by atoms with Gasteiger partial charge in [-0.1, -0.05) is 40.2 Å². The molecule has 104 valence electrons. The average molecular weight is 259 g/mol. The molecule has 2 heteroatoms. The summed E-state index contributed by atoms with van der Waals surface area (Å²) in [5, 5.41) is 4.48. The zero-order valence-electron chi connectivity index (χ0n) is 12.8. The van der Waals surface area contributed by atoms with Crippen LogP contribution < -0.4 is 5.32 Å². The Hall–Kier alpha value is -1.28.